The van der Waals surface area contributed by atoms with Crippen molar-refractivity contribution in [3.05, 3.63) is 22.8 Å². The van der Waals surface area contributed by atoms with E-state index in [2.05, 4.69) is 23.8 Å². The molecule has 4 heteroatoms. The maximum Gasteiger partial charge on any atom is 0.303 e. The standard InChI is InChI=1S/C17H26N2O2/c1-11-14(5-6-15(20)21)12(2)19-16(18-11)13-7-9-17(3,4)10-8-13/h13H,5-10H2,1-4H3,(H,20,21). The van der Waals surface area contributed by atoms with E-state index in [0.717, 1.165) is 35.6 Å². The average Bonchev–Trinajstić information content (AvgIpc) is 2.37. The second-order valence-corrected chi connectivity index (χ2v) is 7.06. The quantitative estimate of drug-likeness (QED) is 0.916. The topological polar surface area (TPSA) is 63.1 Å². The van der Waals surface area contributed by atoms with Crippen LogP contribution in [0.1, 0.15) is 74.6 Å². The first-order chi connectivity index (χ1) is 9.78. The third-order valence-corrected chi connectivity index (χ3v) is 4.73. The summed E-state index contributed by atoms with van der Waals surface area (Å²) in [4.78, 5) is 20.1. The van der Waals surface area contributed by atoms with Gasteiger partial charge in [0.2, 0.25) is 0 Å². The molecule has 1 aromatic heterocycles. The lowest BCUT2D eigenvalue weighted by molar-refractivity contribution is -0.136. The van der Waals surface area contributed by atoms with Crippen LogP contribution in [0, 0.1) is 19.3 Å². The van der Waals surface area contributed by atoms with Crippen LogP contribution >= 0.6 is 0 Å². The molecule has 1 saturated carbocycles. The molecule has 0 spiro atoms. The molecule has 0 bridgehead atoms. The molecule has 1 aliphatic carbocycles. The lowest BCUT2D eigenvalue weighted by atomic mass is 9.73. The Morgan fingerprint density at radius 1 is 1.19 bits per heavy atom. The highest BCUT2D eigenvalue weighted by molar-refractivity contribution is 5.67. The van der Waals surface area contributed by atoms with E-state index in [0.29, 0.717) is 17.8 Å². The van der Waals surface area contributed by atoms with E-state index < -0.39 is 5.97 Å². The third-order valence-electron chi connectivity index (χ3n) is 4.73. The van der Waals surface area contributed by atoms with Crippen molar-refractivity contribution in [2.45, 2.75) is 72.1 Å². The predicted molar refractivity (Wildman–Crippen MR) is 82.5 cm³/mol. The summed E-state index contributed by atoms with van der Waals surface area (Å²) in [6.07, 6.45) is 5.41. The number of carbonyl (C=O) groups is 1. The van der Waals surface area contributed by atoms with Crippen LogP contribution in [0.4, 0.5) is 0 Å². The van der Waals surface area contributed by atoms with E-state index in [-0.39, 0.29) is 6.42 Å². The normalized spacial score (nSPS) is 18.7. The molecule has 21 heavy (non-hydrogen) atoms. The fraction of sp³-hybridized carbons (Fsp3) is 0.706. The lowest BCUT2D eigenvalue weighted by Crippen LogP contribution is -2.22. The van der Waals surface area contributed by atoms with Crippen LogP contribution in [0.3, 0.4) is 0 Å². The van der Waals surface area contributed by atoms with Crippen molar-refractivity contribution in [1.29, 1.82) is 0 Å². The summed E-state index contributed by atoms with van der Waals surface area (Å²) in [7, 11) is 0. The maximum atomic E-state index is 10.7. The Balaban J connectivity index is 2.14. The molecular weight excluding hydrogens is 264 g/mol. The first-order valence-electron chi connectivity index (χ1n) is 7.84. The van der Waals surface area contributed by atoms with E-state index in [1.54, 1.807) is 0 Å². The summed E-state index contributed by atoms with van der Waals surface area (Å²) in [5.74, 6) is 0.649. The molecule has 1 fully saturated rings. The van der Waals surface area contributed by atoms with Gasteiger partial charge in [-0.25, -0.2) is 9.97 Å². The van der Waals surface area contributed by atoms with Crippen molar-refractivity contribution in [1.82, 2.24) is 9.97 Å². The molecule has 0 atom stereocenters. The van der Waals surface area contributed by atoms with Crippen LogP contribution in [0.25, 0.3) is 0 Å². The Hall–Kier alpha value is -1.45. The fourth-order valence-corrected chi connectivity index (χ4v) is 3.20. The molecule has 4 nitrogen and oxygen atoms in total. The maximum absolute atomic E-state index is 10.7. The molecule has 116 valence electrons. The molecule has 0 aliphatic heterocycles. The fourth-order valence-electron chi connectivity index (χ4n) is 3.20. The van der Waals surface area contributed by atoms with Gasteiger partial charge in [-0.05, 0) is 56.9 Å². The van der Waals surface area contributed by atoms with E-state index in [1.807, 2.05) is 13.8 Å². The molecule has 0 radical (unpaired) electrons. The van der Waals surface area contributed by atoms with Gasteiger partial charge in [-0.1, -0.05) is 13.8 Å². The zero-order chi connectivity index (χ0) is 15.6. The molecule has 1 aromatic rings. The Morgan fingerprint density at radius 3 is 2.19 bits per heavy atom. The average molecular weight is 290 g/mol. The van der Waals surface area contributed by atoms with Gasteiger partial charge in [0, 0.05) is 23.7 Å². The van der Waals surface area contributed by atoms with Gasteiger partial charge < -0.3 is 5.11 Å². The number of aryl methyl sites for hydroxylation is 2. The van der Waals surface area contributed by atoms with E-state index in [1.165, 1.54) is 12.8 Å². The number of rotatable bonds is 4. The van der Waals surface area contributed by atoms with Crippen LogP contribution in [0.2, 0.25) is 0 Å². The minimum absolute atomic E-state index is 0.141. The smallest absolute Gasteiger partial charge is 0.303 e. The Bertz CT molecular complexity index is 505. The van der Waals surface area contributed by atoms with Crippen molar-refractivity contribution in [2.24, 2.45) is 5.41 Å². The van der Waals surface area contributed by atoms with Crippen molar-refractivity contribution in [3.63, 3.8) is 0 Å². The zero-order valence-electron chi connectivity index (χ0n) is 13.6. The first-order valence-corrected chi connectivity index (χ1v) is 7.84. The van der Waals surface area contributed by atoms with Crippen molar-refractivity contribution in [2.75, 3.05) is 0 Å². The monoisotopic (exact) mass is 290 g/mol. The van der Waals surface area contributed by atoms with Gasteiger partial charge in [0.1, 0.15) is 5.82 Å². The Kier molecular flexibility index (Phi) is 4.64. The summed E-state index contributed by atoms with van der Waals surface area (Å²) in [5.41, 5.74) is 3.34. The molecule has 1 heterocycles. The highest BCUT2D eigenvalue weighted by Crippen LogP contribution is 2.41. The summed E-state index contributed by atoms with van der Waals surface area (Å²) in [6, 6.07) is 0. The van der Waals surface area contributed by atoms with E-state index in [4.69, 9.17) is 5.11 Å². The van der Waals surface area contributed by atoms with Crippen LogP contribution in [-0.2, 0) is 11.2 Å². The van der Waals surface area contributed by atoms with Gasteiger partial charge in [-0.15, -0.1) is 0 Å². The van der Waals surface area contributed by atoms with Gasteiger partial charge in [0.05, 0.1) is 0 Å². The number of aromatic nitrogens is 2. The number of carboxylic acids is 1. The lowest BCUT2D eigenvalue weighted by Gasteiger charge is -2.33. The van der Waals surface area contributed by atoms with Gasteiger partial charge in [0.25, 0.3) is 0 Å². The molecule has 1 aliphatic rings. The van der Waals surface area contributed by atoms with Gasteiger partial charge >= 0.3 is 5.97 Å². The second kappa shape index (κ2) is 6.12. The second-order valence-electron chi connectivity index (χ2n) is 7.06. The molecule has 1 N–H and O–H groups in total. The number of nitrogens with zero attached hydrogens (tertiary/aromatic N) is 2. The molecule has 0 unspecified atom stereocenters. The van der Waals surface area contributed by atoms with Gasteiger partial charge in [0.15, 0.2) is 0 Å². The summed E-state index contributed by atoms with van der Waals surface area (Å²) in [5, 5.41) is 8.82. The van der Waals surface area contributed by atoms with Crippen LogP contribution in [-0.4, -0.2) is 21.0 Å². The van der Waals surface area contributed by atoms with Gasteiger partial charge in [-0.3, -0.25) is 4.79 Å². The summed E-state index contributed by atoms with van der Waals surface area (Å²) in [6.45, 7) is 8.61. The Labute approximate surface area is 127 Å². The molecule has 0 aromatic carbocycles. The summed E-state index contributed by atoms with van der Waals surface area (Å²) >= 11 is 0. The van der Waals surface area contributed by atoms with Crippen molar-refractivity contribution >= 4 is 5.97 Å². The molecular formula is C17H26N2O2. The SMILES string of the molecule is Cc1nc(C2CCC(C)(C)CC2)nc(C)c1CCC(=O)O. The minimum atomic E-state index is -0.771. The number of hydrogen-bond donors (Lipinski definition) is 1. The Morgan fingerprint density at radius 2 is 1.71 bits per heavy atom. The van der Waals surface area contributed by atoms with E-state index in [9.17, 15) is 4.79 Å². The van der Waals surface area contributed by atoms with Crippen LogP contribution in [0.5, 0.6) is 0 Å². The highest BCUT2D eigenvalue weighted by Gasteiger charge is 2.29. The first kappa shape index (κ1) is 15.9. The van der Waals surface area contributed by atoms with Crippen molar-refractivity contribution in [3.8, 4) is 0 Å². The van der Waals surface area contributed by atoms with Crippen LogP contribution < -0.4 is 0 Å². The molecule has 0 amide bonds. The third kappa shape index (κ3) is 4.02. The number of aliphatic carboxylic acids is 1. The van der Waals surface area contributed by atoms with Gasteiger partial charge in [-0.2, -0.15) is 0 Å². The number of carboxylic acid groups (broad SMARTS) is 1. The summed E-state index contributed by atoms with van der Waals surface area (Å²) < 4.78 is 0. The predicted octanol–water partition coefficient (Wildman–Crippen LogP) is 3.79. The largest absolute Gasteiger partial charge is 0.481 e. The zero-order valence-corrected chi connectivity index (χ0v) is 13.6. The molecule has 2 rings (SSSR count). The van der Waals surface area contributed by atoms with Crippen molar-refractivity contribution < 1.29 is 9.90 Å². The minimum Gasteiger partial charge on any atom is -0.481 e. The number of hydrogen-bond acceptors (Lipinski definition) is 3. The van der Waals surface area contributed by atoms with Crippen LogP contribution in [0.15, 0.2) is 0 Å². The van der Waals surface area contributed by atoms with E-state index >= 15 is 0 Å². The highest BCUT2D eigenvalue weighted by atomic mass is 16.4. The molecule has 0 saturated heterocycles.